The summed E-state index contributed by atoms with van der Waals surface area (Å²) in [7, 11) is 2.08. The summed E-state index contributed by atoms with van der Waals surface area (Å²) in [5.74, 6) is 2.49. The molecule has 3 aliphatic heterocycles. The van der Waals surface area contributed by atoms with Gasteiger partial charge in [0.15, 0.2) is 5.65 Å². The molecule has 1 aromatic carbocycles. The second-order valence-corrected chi connectivity index (χ2v) is 10.4. The number of rotatable bonds is 1. The van der Waals surface area contributed by atoms with Crippen LogP contribution in [0.15, 0.2) is 30.3 Å². The molecule has 0 saturated carbocycles. The number of nitrogens with zero attached hydrogens (tertiary/aromatic N) is 6. The molecule has 1 N–H and O–H groups in total. The SMILES string of the molecule is Cc1ccc2c(c1)C(=O)N1CCCCC1c1cc3nc(N4CC(O)C4)cc(n3n1)N(C)CCCCO2. The van der Waals surface area contributed by atoms with Crippen LogP contribution in [0.2, 0.25) is 0 Å². The van der Waals surface area contributed by atoms with Crippen LogP contribution in [0.3, 0.4) is 0 Å². The summed E-state index contributed by atoms with van der Waals surface area (Å²) in [6, 6.07) is 9.87. The molecule has 190 valence electrons. The average molecular weight is 491 g/mol. The normalized spacial score (nSPS) is 21.5. The maximum atomic E-state index is 13.9. The molecule has 9 heteroatoms. The van der Waals surface area contributed by atoms with Gasteiger partial charge < -0.3 is 24.5 Å². The minimum atomic E-state index is -0.302. The molecule has 6 rings (SSSR count). The van der Waals surface area contributed by atoms with Crippen molar-refractivity contribution in [3.05, 3.63) is 47.2 Å². The molecule has 36 heavy (non-hydrogen) atoms. The van der Waals surface area contributed by atoms with Crippen molar-refractivity contribution in [3.63, 3.8) is 0 Å². The first-order chi connectivity index (χ1) is 17.5. The monoisotopic (exact) mass is 490 g/mol. The number of ether oxygens (including phenoxy) is 1. The number of hydrogen-bond donors (Lipinski definition) is 1. The number of aryl methyl sites for hydroxylation is 1. The highest BCUT2D eigenvalue weighted by atomic mass is 16.5. The lowest BCUT2D eigenvalue weighted by atomic mass is 9.97. The quantitative estimate of drug-likeness (QED) is 0.561. The van der Waals surface area contributed by atoms with E-state index in [1.165, 1.54) is 0 Å². The first-order valence-corrected chi connectivity index (χ1v) is 13.1. The van der Waals surface area contributed by atoms with E-state index >= 15 is 0 Å². The number of hydrogen-bond acceptors (Lipinski definition) is 7. The number of benzene rings is 1. The lowest BCUT2D eigenvalue weighted by molar-refractivity contribution is 0.0601. The summed E-state index contributed by atoms with van der Waals surface area (Å²) in [5, 5.41) is 14.9. The third-order valence-electron chi connectivity index (χ3n) is 7.61. The van der Waals surface area contributed by atoms with E-state index in [9.17, 15) is 9.90 Å². The lowest BCUT2D eigenvalue weighted by Crippen LogP contribution is -2.51. The highest BCUT2D eigenvalue weighted by molar-refractivity contribution is 5.97. The molecule has 3 aliphatic rings. The van der Waals surface area contributed by atoms with Crippen molar-refractivity contribution in [2.75, 3.05) is 49.6 Å². The van der Waals surface area contributed by atoms with Gasteiger partial charge >= 0.3 is 0 Å². The van der Waals surface area contributed by atoms with Crippen LogP contribution < -0.4 is 14.5 Å². The average Bonchev–Trinajstić information content (AvgIpc) is 3.29. The smallest absolute Gasteiger partial charge is 0.258 e. The molecule has 1 amide bonds. The predicted molar refractivity (Wildman–Crippen MR) is 138 cm³/mol. The van der Waals surface area contributed by atoms with E-state index in [2.05, 4.69) is 22.9 Å². The molecule has 2 aromatic heterocycles. The molecule has 2 fully saturated rings. The summed E-state index contributed by atoms with van der Waals surface area (Å²) >= 11 is 0. The molecule has 9 nitrogen and oxygen atoms in total. The largest absolute Gasteiger partial charge is 0.493 e. The summed E-state index contributed by atoms with van der Waals surface area (Å²) in [4.78, 5) is 25.1. The second kappa shape index (κ2) is 9.28. The van der Waals surface area contributed by atoms with Crippen molar-refractivity contribution in [3.8, 4) is 5.75 Å². The first-order valence-electron chi connectivity index (χ1n) is 13.1. The molecule has 1 unspecified atom stereocenters. The van der Waals surface area contributed by atoms with Crippen LogP contribution in [0.1, 0.15) is 59.8 Å². The number of anilines is 2. The molecule has 2 bridgehead atoms. The van der Waals surface area contributed by atoms with Crippen LogP contribution >= 0.6 is 0 Å². The number of fused-ring (bicyclic) bond motifs is 4. The molecule has 0 aliphatic carbocycles. The van der Waals surface area contributed by atoms with Gasteiger partial charge in [0.25, 0.3) is 5.91 Å². The number of piperidine rings is 1. The van der Waals surface area contributed by atoms with Gasteiger partial charge in [0, 0.05) is 45.4 Å². The Morgan fingerprint density at radius 3 is 2.72 bits per heavy atom. The topological polar surface area (TPSA) is 86.4 Å². The van der Waals surface area contributed by atoms with Crippen molar-refractivity contribution < 1.29 is 14.6 Å². The Hall–Kier alpha value is -3.33. The number of β-amino-alcohol motifs (C(OH)–C–C–N with tert-alkyl or cyclic N) is 1. The van der Waals surface area contributed by atoms with Crippen molar-refractivity contribution in [2.24, 2.45) is 0 Å². The fraction of sp³-hybridized carbons (Fsp3) is 0.519. The van der Waals surface area contributed by atoms with Gasteiger partial charge in [0.2, 0.25) is 0 Å². The van der Waals surface area contributed by atoms with Gasteiger partial charge in [-0.3, -0.25) is 4.79 Å². The molecular weight excluding hydrogens is 456 g/mol. The molecule has 3 aromatic rings. The molecule has 0 radical (unpaired) electrons. The summed E-state index contributed by atoms with van der Waals surface area (Å²) in [5.41, 5.74) is 3.32. The van der Waals surface area contributed by atoms with E-state index in [4.69, 9.17) is 14.8 Å². The number of amides is 1. The Labute approximate surface area is 211 Å². The Bertz CT molecular complexity index is 1280. The van der Waals surface area contributed by atoms with Crippen molar-refractivity contribution >= 4 is 23.2 Å². The third-order valence-corrected chi connectivity index (χ3v) is 7.61. The van der Waals surface area contributed by atoms with E-state index in [0.29, 0.717) is 37.6 Å². The third kappa shape index (κ3) is 4.15. The number of aliphatic hydroxyl groups is 1. The Morgan fingerprint density at radius 1 is 1.06 bits per heavy atom. The van der Waals surface area contributed by atoms with Gasteiger partial charge in [0.1, 0.15) is 17.4 Å². The second-order valence-electron chi connectivity index (χ2n) is 10.4. The maximum Gasteiger partial charge on any atom is 0.258 e. The van der Waals surface area contributed by atoms with E-state index in [1.807, 2.05) is 40.6 Å². The minimum absolute atomic E-state index is 0.00545. The fourth-order valence-electron chi connectivity index (χ4n) is 5.52. The van der Waals surface area contributed by atoms with Crippen LogP contribution in [0.5, 0.6) is 5.75 Å². The Kier molecular flexibility index (Phi) is 5.95. The zero-order valence-corrected chi connectivity index (χ0v) is 21.1. The van der Waals surface area contributed by atoms with E-state index in [0.717, 1.165) is 67.2 Å². The first kappa shape index (κ1) is 23.1. The highest BCUT2D eigenvalue weighted by Crippen LogP contribution is 2.35. The maximum absolute atomic E-state index is 13.9. The van der Waals surface area contributed by atoms with E-state index < -0.39 is 0 Å². The van der Waals surface area contributed by atoms with Crippen molar-refractivity contribution in [2.45, 2.75) is 51.2 Å². The van der Waals surface area contributed by atoms with Crippen LogP contribution in [-0.4, -0.2) is 76.4 Å². The molecule has 2 saturated heterocycles. The van der Waals surface area contributed by atoms with Crippen LogP contribution in [0.4, 0.5) is 11.6 Å². The number of carbonyl (C=O) groups is 1. The van der Waals surface area contributed by atoms with Gasteiger partial charge in [-0.05, 0) is 51.2 Å². The zero-order valence-electron chi connectivity index (χ0n) is 21.1. The summed E-state index contributed by atoms with van der Waals surface area (Å²) < 4.78 is 8.06. The van der Waals surface area contributed by atoms with Gasteiger partial charge in [-0.1, -0.05) is 11.6 Å². The lowest BCUT2D eigenvalue weighted by Gasteiger charge is -2.37. The Balaban J connectivity index is 1.46. The van der Waals surface area contributed by atoms with Crippen molar-refractivity contribution in [1.82, 2.24) is 19.5 Å². The van der Waals surface area contributed by atoms with Gasteiger partial charge in [-0.15, -0.1) is 0 Å². The predicted octanol–water partition coefficient (Wildman–Crippen LogP) is 3.19. The number of aliphatic hydroxyl groups excluding tert-OH is 1. The van der Waals surface area contributed by atoms with E-state index in [1.54, 1.807) is 0 Å². The van der Waals surface area contributed by atoms with Crippen LogP contribution in [-0.2, 0) is 0 Å². The minimum Gasteiger partial charge on any atom is -0.493 e. The highest BCUT2D eigenvalue weighted by Gasteiger charge is 2.33. The van der Waals surface area contributed by atoms with E-state index in [-0.39, 0.29) is 18.1 Å². The van der Waals surface area contributed by atoms with Crippen LogP contribution in [0.25, 0.3) is 5.65 Å². The number of carbonyl (C=O) groups excluding carboxylic acids is 1. The van der Waals surface area contributed by atoms with Gasteiger partial charge in [0.05, 0.1) is 30.0 Å². The number of aromatic nitrogens is 3. The molecule has 1 atom stereocenters. The molecule has 0 spiro atoms. The zero-order chi connectivity index (χ0) is 24.8. The fourth-order valence-corrected chi connectivity index (χ4v) is 5.52. The summed E-state index contributed by atoms with van der Waals surface area (Å²) in [6.45, 7) is 5.30. The Morgan fingerprint density at radius 2 is 1.89 bits per heavy atom. The van der Waals surface area contributed by atoms with Crippen molar-refractivity contribution in [1.29, 1.82) is 0 Å². The van der Waals surface area contributed by atoms with Crippen LogP contribution in [0, 0.1) is 6.92 Å². The summed E-state index contributed by atoms with van der Waals surface area (Å²) in [6.07, 6.45) is 4.41. The molecular formula is C27H34N6O3. The molecule has 5 heterocycles. The van der Waals surface area contributed by atoms with Gasteiger partial charge in [-0.2, -0.15) is 9.61 Å². The standard InChI is InChI=1S/C27H34N6O3/c1-18-8-9-23-20(13-18)27(35)32-11-4-3-7-22(32)21-14-25-28-24(31-16-19(34)17-31)15-26(33(25)29-21)30(2)10-5-6-12-36-23/h8-9,13-15,19,22,34H,3-7,10-12,16-17H2,1-2H3. The van der Waals surface area contributed by atoms with Gasteiger partial charge in [-0.25, -0.2) is 4.98 Å².